The van der Waals surface area contributed by atoms with E-state index in [1.54, 1.807) is 0 Å². The van der Waals surface area contributed by atoms with E-state index < -0.39 is 6.29 Å². The van der Waals surface area contributed by atoms with Crippen LogP contribution >= 0.6 is 0 Å². The molecule has 0 aliphatic rings. The Kier molecular flexibility index (Phi) is 4.86. The maximum Gasteiger partial charge on any atom is 0.284 e. The molecule has 3 aromatic rings. The molecule has 0 saturated carbocycles. The van der Waals surface area contributed by atoms with Crippen molar-refractivity contribution in [2.24, 2.45) is 5.73 Å². The van der Waals surface area contributed by atoms with Crippen LogP contribution in [0.4, 0.5) is 0 Å². The first-order valence-corrected chi connectivity index (χ1v) is 7.44. The molecule has 0 bridgehead atoms. The summed E-state index contributed by atoms with van der Waals surface area (Å²) in [7, 11) is 0. The second-order valence-corrected chi connectivity index (χ2v) is 4.95. The van der Waals surface area contributed by atoms with Gasteiger partial charge in [-0.2, -0.15) is 0 Å². The van der Waals surface area contributed by atoms with Crippen molar-refractivity contribution in [3.05, 3.63) is 90.3 Å². The van der Waals surface area contributed by atoms with E-state index in [9.17, 15) is 0 Å². The first-order chi connectivity index (χ1) is 11.3. The third-order valence-corrected chi connectivity index (χ3v) is 3.25. The average Bonchev–Trinajstić information content (AvgIpc) is 2.63. The average molecular weight is 306 g/mol. The van der Waals surface area contributed by atoms with Crippen LogP contribution in [0.1, 0.15) is 17.7 Å². The summed E-state index contributed by atoms with van der Waals surface area (Å²) in [6.45, 7) is 0.372. The van der Waals surface area contributed by atoms with Gasteiger partial charge in [0.15, 0.2) is 0 Å². The van der Waals surface area contributed by atoms with Gasteiger partial charge in [-0.3, -0.25) is 0 Å². The van der Waals surface area contributed by atoms with Gasteiger partial charge in [0.1, 0.15) is 17.2 Å². The molecule has 0 aliphatic heterocycles. The van der Waals surface area contributed by atoms with Crippen molar-refractivity contribution in [2.45, 2.75) is 12.8 Å². The van der Waals surface area contributed by atoms with Crippen molar-refractivity contribution >= 4 is 0 Å². The summed E-state index contributed by atoms with van der Waals surface area (Å²) in [5, 5.41) is 0. The van der Waals surface area contributed by atoms with Crippen molar-refractivity contribution in [3.8, 4) is 11.5 Å². The highest BCUT2D eigenvalue weighted by atomic mass is 16.7. The molecule has 4 nitrogen and oxygen atoms in total. The van der Waals surface area contributed by atoms with Crippen LogP contribution in [-0.4, -0.2) is 4.98 Å². The van der Waals surface area contributed by atoms with Gasteiger partial charge in [0.25, 0.3) is 6.29 Å². The number of aromatic nitrogens is 1. The number of nitrogens with zero attached hydrogens (tertiary/aromatic N) is 1. The van der Waals surface area contributed by atoms with E-state index in [0.29, 0.717) is 23.7 Å². The van der Waals surface area contributed by atoms with Gasteiger partial charge in [0.05, 0.1) is 5.69 Å². The Morgan fingerprint density at radius 2 is 1.30 bits per heavy atom. The molecule has 1 heterocycles. The van der Waals surface area contributed by atoms with Crippen molar-refractivity contribution in [3.63, 3.8) is 0 Å². The van der Waals surface area contributed by atoms with Gasteiger partial charge in [-0.25, -0.2) is 4.98 Å². The molecule has 3 rings (SSSR count). The van der Waals surface area contributed by atoms with Gasteiger partial charge in [-0.05, 0) is 36.4 Å². The smallest absolute Gasteiger partial charge is 0.284 e. The molecule has 0 aliphatic carbocycles. The second-order valence-electron chi connectivity index (χ2n) is 4.95. The highest BCUT2D eigenvalue weighted by Crippen LogP contribution is 2.24. The monoisotopic (exact) mass is 306 g/mol. The highest BCUT2D eigenvalue weighted by Gasteiger charge is 2.17. The SMILES string of the molecule is NCc1cccc(C(Oc2ccccc2)Oc2ccccc2)n1. The normalized spacial score (nSPS) is 10.5. The van der Waals surface area contributed by atoms with E-state index in [0.717, 1.165) is 5.69 Å². The van der Waals surface area contributed by atoms with Gasteiger partial charge < -0.3 is 15.2 Å². The van der Waals surface area contributed by atoms with Crippen molar-refractivity contribution in [1.29, 1.82) is 0 Å². The lowest BCUT2D eigenvalue weighted by Crippen LogP contribution is -2.17. The Hall–Kier alpha value is -2.85. The molecule has 0 saturated heterocycles. The van der Waals surface area contributed by atoms with Crippen molar-refractivity contribution in [1.82, 2.24) is 4.98 Å². The van der Waals surface area contributed by atoms with Crippen LogP contribution < -0.4 is 15.2 Å². The zero-order valence-electron chi connectivity index (χ0n) is 12.6. The molecule has 0 unspecified atom stereocenters. The van der Waals surface area contributed by atoms with Crippen LogP contribution in [0.5, 0.6) is 11.5 Å². The van der Waals surface area contributed by atoms with Gasteiger partial charge in [-0.15, -0.1) is 0 Å². The quantitative estimate of drug-likeness (QED) is 0.706. The molecular weight excluding hydrogens is 288 g/mol. The van der Waals surface area contributed by atoms with Gasteiger partial charge >= 0.3 is 0 Å². The number of para-hydroxylation sites is 2. The summed E-state index contributed by atoms with van der Waals surface area (Å²) < 4.78 is 12.0. The van der Waals surface area contributed by atoms with Crippen LogP contribution in [0, 0.1) is 0 Å². The summed E-state index contributed by atoms with van der Waals surface area (Å²) >= 11 is 0. The topological polar surface area (TPSA) is 57.4 Å². The molecule has 0 fully saturated rings. The third kappa shape index (κ3) is 4.08. The fourth-order valence-corrected chi connectivity index (χ4v) is 2.13. The molecule has 2 N–H and O–H groups in total. The van der Waals surface area contributed by atoms with Crippen LogP contribution in [0.3, 0.4) is 0 Å². The molecule has 0 amide bonds. The minimum Gasteiger partial charge on any atom is -0.449 e. The van der Waals surface area contributed by atoms with Gasteiger partial charge in [-0.1, -0.05) is 42.5 Å². The summed E-state index contributed by atoms with van der Waals surface area (Å²) in [5.41, 5.74) is 7.15. The Labute approximate surface area is 135 Å². The number of nitrogens with two attached hydrogens (primary N) is 1. The largest absolute Gasteiger partial charge is 0.449 e. The molecule has 1 aromatic heterocycles. The molecule has 0 spiro atoms. The van der Waals surface area contributed by atoms with Gasteiger partial charge in [0.2, 0.25) is 0 Å². The van der Waals surface area contributed by atoms with Crippen LogP contribution in [0.25, 0.3) is 0 Å². The third-order valence-electron chi connectivity index (χ3n) is 3.25. The number of hydrogen-bond acceptors (Lipinski definition) is 4. The van der Waals surface area contributed by atoms with E-state index >= 15 is 0 Å². The second kappa shape index (κ2) is 7.42. The Bertz CT molecular complexity index is 691. The van der Waals surface area contributed by atoms with Crippen LogP contribution in [0.15, 0.2) is 78.9 Å². The number of ether oxygens (including phenoxy) is 2. The standard InChI is InChI=1S/C19H18N2O2/c20-14-15-8-7-13-18(21-15)19(22-16-9-3-1-4-10-16)23-17-11-5-2-6-12-17/h1-13,19H,14,20H2. The van der Waals surface area contributed by atoms with E-state index in [1.165, 1.54) is 0 Å². The first kappa shape index (κ1) is 15.1. The molecule has 116 valence electrons. The summed E-state index contributed by atoms with van der Waals surface area (Å²) in [6.07, 6.45) is -0.647. The minimum absolute atomic E-state index is 0.372. The molecular formula is C19H18N2O2. The predicted molar refractivity (Wildman–Crippen MR) is 89.0 cm³/mol. The predicted octanol–water partition coefficient (Wildman–Crippen LogP) is 3.70. The number of rotatable bonds is 6. The van der Waals surface area contributed by atoms with Gasteiger partial charge in [0, 0.05) is 6.54 Å². The lowest BCUT2D eigenvalue weighted by molar-refractivity contribution is 0.000197. The molecule has 23 heavy (non-hydrogen) atoms. The zero-order chi connectivity index (χ0) is 15.9. The molecule has 2 aromatic carbocycles. The summed E-state index contributed by atoms with van der Waals surface area (Å²) in [5.74, 6) is 1.43. The maximum absolute atomic E-state index is 5.98. The minimum atomic E-state index is -0.647. The molecule has 4 heteroatoms. The Morgan fingerprint density at radius 1 is 0.739 bits per heavy atom. The first-order valence-electron chi connectivity index (χ1n) is 7.44. The zero-order valence-corrected chi connectivity index (χ0v) is 12.6. The lowest BCUT2D eigenvalue weighted by atomic mass is 10.3. The molecule has 0 radical (unpaired) electrons. The van der Waals surface area contributed by atoms with Crippen LogP contribution in [-0.2, 0) is 6.54 Å². The van der Waals surface area contributed by atoms with Crippen molar-refractivity contribution in [2.75, 3.05) is 0 Å². The van der Waals surface area contributed by atoms with E-state index in [2.05, 4.69) is 4.98 Å². The van der Waals surface area contributed by atoms with E-state index in [-0.39, 0.29) is 0 Å². The fraction of sp³-hybridized carbons (Fsp3) is 0.105. The Balaban J connectivity index is 1.88. The lowest BCUT2D eigenvalue weighted by Gasteiger charge is -2.20. The number of benzene rings is 2. The number of pyridine rings is 1. The molecule has 0 atom stereocenters. The Morgan fingerprint density at radius 3 is 1.83 bits per heavy atom. The number of hydrogen-bond donors (Lipinski definition) is 1. The van der Waals surface area contributed by atoms with Crippen molar-refractivity contribution < 1.29 is 9.47 Å². The highest BCUT2D eigenvalue weighted by molar-refractivity contribution is 5.25. The maximum atomic E-state index is 5.98. The van der Waals surface area contributed by atoms with Crippen LogP contribution in [0.2, 0.25) is 0 Å². The fourth-order valence-electron chi connectivity index (χ4n) is 2.13. The van der Waals surface area contributed by atoms with E-state index in [1.807, 2.05) is 78.9 Å². The summed E-state index contributed by atoms with van der Waals surface area (Å²) in [4.78, 5) is 4.51. The van der Waals surface area contributed by atoms with E-state index in [4.69, 9.17) is 15.2 Å². The summed E-state index contributed by atoms with van der Waals surface area (Å²) in [6, 6.07) is 24.7.